The van der Waals surface area contributed by atoms with E-state index in [2.05, 4.69) is 10.1 Å². The van der Waals surface area contributed by atoms with E-state index in [1.54, 1.807) is 6.07 Å². The van der Waals surface area contributed by atoms with Crippen molar-refractivity contribution in [1.82, 2.24) is 10.1 Å². The molecule has 0 spiro atoms. The third-order valence-corrected chi connectivity index (χ3v) is 3.29. The Bertz CT molecular complexity index is 529. The van der Waals surface area contributed by atoms with E-state index in [1.807, 2.05) is 29.5 Å². The van der Waals surface area contributed by atoms with Gasteiger partial charge in [-0.05, 0) is 40.8 Å². The van der Waals surface area contributed by atoms with Crippen LogP contribution in [0.1, 0.15) is 18.7 Å². The fourth-order valence-corrected chi connectivity index (χ4v) is 2.02. The number of halogens is 2. The second-order valence-corrected chi connectivity index (χ2v) is 4.88. The predicted molar refractivity (Wildman–Crippen MR) is 69.9 cm³/mol. The largest absolute Gasteiger partial charge is 0.334 e. The molecule has 1 unspecified atom stereocenters. The Morgan fingerprint density at radius 3 is 2.94 bits per heavy atom. The van der Waals surface area contributed by atoms with Gasteiger partial charge in [0.15, 0.2) is 5.82 Å². The van der Waals surface area contributed by atoms with Crippen molar-refractivity contribution in [2.45, 2.75) is 12.8 Å². The summed E-state index contributed by atoms with van der Waals surface area (Å²) in [4.78, 5) is 4.26. The molecule has 1 aromatic heterocycles. The highest BCUT2D eigenvalue weighted by molar-refractivity contribution is 14.1. The van der Waals surface area contributed by atoms with Crippen LogP contribution >= 0.6 is 22.6 Å². The molecule has 1 heterocycles. The van der Waals surface area contributed by atoms with E-state index >= 15 is 0 Å². The fraction of sp³-hybridized carbons (Fsp3) is 0.273. The molecular weight excluding hydrogens is 336 g/mol. The lowest BCUT2D eigenvalue weighted by atomic mass is 10.2. The highest BCUT2D eigenvalue weighted by Crippen LogP contribution is 2.25. The van der Waals surface area contributed by atoms with E-state index in [0.717, 1.165) is 9.13 Å². The fourth-order valence-electron chi connectivity index (χ4n) is 1.31. The first-order valence-electron chi connectivity index (χ1n) is 5.11. The van der Waals surface area contributed by atoms with Crippen molar-refractivity contribution in [2.75, 3.05) is 6.54 Å². The molecule has 0 fully saturated rings. The summed E-state index contributed by atoms with van der Waals surface area (Å²) in [5.41, 5.74) is 6.26. The Labute approximate surface area is 112 Å². The van der Waals surface area contributed by atoms with Crippen molar-refractivity contribution in [2.24, 2.45) is 5.73 Å². The topological polar surface area (TPSA) is 64.9 Å². The molecule has 0 amide bonds. The Balaban J connectivity index is 2.37. The van der Waals surface area contributed by atoms with E-state index in [9.17, 15) is 4.39 Å². The lowest BCUT2D eigenvalue weighted by molar-refractivity contribution is 0.417. The summed E-state index contributed by atoms with van der Waals surface area (Å²) in [6.07, 6.45) is 0. The summed E-state index contributed by atoms with van der Waals surface area (Å²) in [5.74, 6) is 0.728. The average molecular weight is 347 g/mol. The molecule has 90 valence electrons. The first-order valence-corrected chi connectivity index (χ1v) is 6.18. The summed E-state index contributed by atoms with van der Waals surface area (Å²) in [6, 6.07) is 4.42. The van der Waals surface area contributed by atoms with Gasteiger partial charge >= 0.3 is 0 Å². The van der Waals surface area contributed by atoms with Crippen LogP contribution in [-0.4, -0.2) is 16.7 Å². The summed E-state index contributed by atoms with van der Waals surface area (Å²) >= 11 is 2.03. The van der Waals surface area contributed by atoms with Crippen LogP contribution in [0.2, 0.25) is 0 Å². The van der Waals surface area contributed by atoms with Crippen LogP contribution in [0.3, 0.4) is 0 Å². The standard InChI is InChI=1S/C11H11FIN3O/c1-6(5-14)10-15-11(17-16-10)8-3-2-7(12)4-9(8)13/h2-4,6H,5,14H2,1H3. The Morgan fingerprint density at radius 1 is 1.53 bits per heavy atom. The molecule has 0 aliphatic rings. The molecule has 0 saturated heterocycles. The quantitative estimate of drug-likeness (QED) is 0.867. The minimum absolute atomic E-state index is 0.0469. The number of hydrogen-bond donors (Lipinski definition) is 1. The van der Waals surface area contributed by atoms with Crippen LogP contribution in [-0.2, 0) is 0 Å². The summed E-state index contributed by atoms with van der Waals surface area (Å²) < 4.78 is 18.8. The Kier molecular flexibility index (Phi) is 3.72. The van der Waals surface area contributed by atoms with E-state index in [1.165, 1.54) is 12.1 Å². The predicted octanol–water partition coefficient (Wildman–Crippen LogP) is 2.54. The zero-order valence-electron chi connectivity index (χ0n) is 9.15. The van der Waals surface area contributed by atoms with Gasteiger partial charge in [0.1, 0.15) is 5.82 Å². The van der Waals surface area contributed by atoms with Crippen molar-refractivity contribution < 1.29 is 8.91 Å². The smallest absolute Gasteiger partial charge is 0.259 e. The summed E-state index contributed by atoms with van der Waals surface area (Å²) in [7, 11) is 0. The molecule has 0 saturated carbocycles. The summed E-state index contributed by atoms with van der Waals surface area (Å²) in [6.45, 7) is 2.38. The Morgan fingerprint density at radius 2 is 2.29 bits per heavy atom. The van der Waals surface area contributed by atoms with Gasteiger partial charge < -0.3 is 10.3 Å². The lowest BCUT2D eigenvalue weighted by Crippen LogP contribution is -2.10. The van der Waals surface area contributed by atoms with Gasteiger partial charge in [-0.1, -0.05) is 12.1 Å². The second kappa shape index (κ2) is 5.09. The maximum atomic E-state index is 13.0. The number of nitrogens with two attached hydrogens (primary N) is 1. The highest BCUT2D eigenvalue weighted by atomic mass is 127. The molecule has 0 aliphatic heterocycles. The van der Waals surface area contributed by atoms with Gasteiger partial charge in [-0.15, -0.1) is 0 Å². The second-order valence-electron chi connectivity index (χ2n) is 3.72. The van der Waals surface area contributed by atoms with Crippen LogP contribution in [0.5, 0.6) is 0 Å². The molecule has 1 aromatic carbocycles. The van der Waals surface area contributed by atoms with Crippen LogP contribution in [0.15, 0.2) is 22.7 Å². The molecule has 0 aliphatic carbocycles. The molecule has 0 bridgehead atoms. The minimum atomic E-state index is -0.284. The maximum Gasteiger partial charge on any atom is 0.259 e. The van der Waals surface area contributed by atoms with E-state index < -0.39 is 0 Å². The van der Waals surface area contributed by atoms with Crippen molar-refractivity contribution in [1.29, 1.82) is 0 Å². The SMILES string of the molecule is CC(CN)c1noc(-c2ccc(F)cc2I)n1. The molecule has 4 nitrogen and oxygen atoms in total. The van der Waals surface area contributed by atoms with E-state index in [-0.39, 0.29) is 11.7 Å². The molecule has 2 rings (SSSR count). The highest BCUT2D eigenvalue weighted by Gasteiger charge is 2.15. The number of rotatable bonds is 3. The number of hydrogen-bond acceptors (Lipinski definition) is 4. The maximum absolute atomic E-state index is 13.0. The number of aromatic nitrogens is 2. The first-order chi connectivity index (χ1) is 8.11. The van der Waals surface area contributed by atoms with Crippen molar-refractivity contribution >= 4 is 22.6 Å². The molecule has 2 N–H and O–H groups in total. The molecule has 17 heavy (non-hydrogen) atoms. The average Bonchev–Trinajstić information content (AvgIpc) is 2.77. The van der Waals surface area contributed by atoms with Gasteiger partial charge in [-0.2, -0.15) is 4.98 Å². The van der Waals surface area contributed by atoms with Gasteiger partial charge in [-0.25, -0.2) is 4.39 Å². The lowest BCUT2D eigenvalue weighted by Gasteiger charge is -2.00. The van der Waals surface area contributed by atoms with Gasteiger partial charge in [-0.3, -0.25) is 0 Å². The van der Waals surface area contributed by atoms with Crippen LogP contribution in [0.4, 0.5) is 4.39 Å². The monoisotopic (exact) mass is 347 g/mol. The van der Waals surface area contributed by atoms with E-state index in [0.29, 0.717) is 18.3 Å². The van der Waals surface area contributed by atoms with Crippen molar-refractivity contribution in [3.8, 4) is 11.5 Å². The van der Waals surface area contributed by atoms with Gasteiger partial charge in [0.2, 0.25) is 0 Å². The van der Waals surface area contributed by atoms with Gasteiger partial charge in [0.25, 0.3) is 5.89 Å². The zero-order valence-corrected chi connectivity index (χ0v) is 11.3. The van der Waals surface area contributed by atoms with Crippen molar-refractivity contribution in [3.63, 3.8) is 0 Å². The molecule has 2 aromatic rings. The zero-order chi connectivity index (χ0) is 12.4. The minimum Gasteiger partial charge on any atom is -0.334 e. The molecular formula is C11H11FIN3O. The van der Waals surface area contributed by atoms with Crippen LogP contribution in [0, 0.1) is 9.39 Å². The normalized spacial score (nSPS) is 12.7. The third-order valence-electron chi connectivity index (χ3n) is 2.40. The summed E-state index contributed by atoms with van der Waals surface area (Å²) in [5, 5.41) is 3.86. The van der Waals surface area contributed by atoms with E-state index in [4.69, 9.17) is 10.3 Å². The Hall–Kier alpha value is -1.02. The van der Waals surface area contributed by atoms with Crippen LogP contribution < -0.4 is 5.73 Å². The first kappa shape index (κ1) is 12.4. The molecule has 6 heteroatoms. The van der Waals surface area contributed by atoms with Crippen LogP contribution in [0.25, 0.3) is 11.5 Å². The van der Waals surface area contributed by atoms with Gasteiger partial charge in [0.05, 0.1) is 5.56 Å². The molecule has 0 radical (unpaired) electrons. The third kappa shape index (κ3) is 2.63. The number of nitrogens with zero attached hydrogens (tertiary/aromatic N) is 2. The number of benzene rings is 1. The van der Waals surface area contributed by atoms with Crippen molar-refractivity contribution in [3.05, 3.63) is 33.4 Å². The molecule has 1 atom stereocenters. The van der Waals surface area contributed by atoms with Gasteiger partial charge in [0, 0.05) is 16.0 Å².